The SMILES string of the molecule is CCNC(=NCc1cc(OC)ccc1O)NCCN1CCOCC1. The molecule has 3 N–H and O–H groups in total. The van der Waals surface area contributed by atoms with E-state index in [2.05, 4.69) is 20.5 Å². The smallest absolute Gasteiger partial charge is 0.191 e. The Labute approximate surface area is 143 Å². The first-order valence-electron chi connectivity index (χ1n) is 8.41. The van der Waals surface area contributed by atoms with E-state index >= 15 is 0 Å². The van der Waals surface area contributed by atoms with Crippen LogP contribution in [0.25, 0.3) is 0 Å². The average Bonchev–Trinajstić information content (AvgIpc) is 2.61. The molecule has 7 heteroatoms. The molecule has 0 atom stereocenters. The van der Waals surface area contributed by atoms with Crippen LogP contribution in [0.2, 0.25) is 0 Å². The summed E-state index contributed by atoms with van der Waals surface area (Å²) >= 11 is 0. The summed E-state index contributed by atoms with van der Waals surface area (Å²) in [5.74, 6) is 1.68. The van der Waals surface area contributed by atoms with Crippen LogP contribution in [0.4, 0.5) is 0 Å². The Kier molecular flexibility index (Phi) is 7.64. The zero-order valence-corrected chi connectivity index (χ0v) is 14.5. The van der Waals surface area contributed by atoms with Crippen molar-refractivity contribution in [2.24, 2.45) is 4.99 Å². The van der Waals surface area contributed by atoms with Crippen molar-refractivity contribution in [1.82, 2.24) is 15.5 Å². The quantitative estimate of drug-likeness (QED) is 0.505. The van der Waals surface area contributed by atoms with Crippen molar-refractivity contribution in [1.29, 1.82) is 0 Å². The lowest BCUT2D eigenvalue weighted by Crippen LogP contribution is -2.44. The van der Waals surface area contributed by atoms with Crippen LogP contribution in [0.1, 0.15) is 12.5 Å². The zero-order chi connectivity index (χ0) is 17.2. The summed E-state index contributed by atoms with van der Waals surface area (Å²) in [6.45, 7) is 8.55. The third-order valence-corrected chi connectivity index (χ3v) is 3.86. The van der Waals surface area contributed by atoms with Crippen LogP contribution in [0.5, 0.6) is 11.5 Å². The Morgan fingerprint density at radius 3 is 2.83 bits per heavy atom. The van der Waals surface area contributed by atoms with Gasteiger partial charge in [-0.2, -0.15) is 0 Å². The van der Waals surface area contributed by atoms with Crippen LogP contribution in [0, 0.1) is 0 Å². The summed E-state index contributed by atoms with van der Waals surface area (Å²) in [6, 6.07) is 5.16. The van der Waals surface area contributed by atoms with Gasteiger partial charge < -0.3 is 25.2 Å². The number of ether oxygens (including phenoxy) is 2. The predicted molar refractivity (Wildman–Crippen MR) is 94.7 cm³/mol. The summed E-state index contributed by atoms with van der Waals surface area (Å²) in [7, 11) is 1.61. The van der Waals surface area contributed by atoms with Gasteiger partial charge in [0.15, 0.2) is 5.96 Å². The van der Waals surface area contributed by atoms with Crippen molar-refractivity contribution < 1.29 is 14.6 Å². The van der Waals surface area contributed by atoms with Crippen molar-refractivity contribution >= 4 is 5.96 Å². The first-order chi connectivity index (χ1) is 11.7. The molecule has 134 valence electrons. The average molecular weight is 336 g/mol. The lowest BCUT2D eigenvalue weighted by atomic mass is 10.2. The second kappa shape index (κ2) is 10.00. The summed E-state index contributed by atoms with van der Waals surface area (Å²) in [5.41, 5.74) is 0.736. The van der Waals surface area contributed by atoms with Gasteiger partial charge in [0.05, 0.1) is 26.9 Å². The fraction of sp³-hybridized carbons (Fsp3) is 0.588. The van der Waals surface area contributed by atoms with E-state index in [1.807, 2.05) is 6.92 Å². The molecule has 0 bridgehead atoms. The lowest BCUT2D eigenvalue weighted by molar-refractivity contribution is 0.0389. The second-order valence-corrected chi connectivity index (χ2v) is 5.57. The maximum atomic E-state index is 9.94. The van der Waals surface area contributed by atoms with Crippen molar-refractivity contribution in [2.75, 3.05) is 53.0 Å². The molecule has 1 fully saturated rings. The van der Waals surface area contributed by atoms with E-state index in [1.165, 1.54) is 0 Å². The number of aliphatic imine (C=N–C) groups is 1. The zero-order valence-electron chi connectivity index (χ0n) is 14.5. The first kappa shape index (κ1) is 18.4. The van der Waals surface area contributed by atoms with Gasteiger partial charge in [-0.15, -0.1) is 0 Å². The number of benzene rings is 1. The predicted octanol–water partition coefficient (Wildman–Crippen LogP) is 0.788. The molecular formula is C17H28N4O3. The summed E-state index contributed by atoms with van der Waals surface area (Å²) in [4.78, 5) is 6.91. The minimum Gasteiger partial charge on any atom is -0.508 e. The number of phenols is 1. The second-order valence-electron chi connectivity index (χ2n) is 5.57. The van der Waals surface area contributed by atoms with Gasteiger partial charge in [-0.1, -0.05) is 0 Å². The van der Waals surface area contributed by atoms with E-state index in [0.29, 0.717) is 12.3 Å². The molecule has 0 amide bonds. The van der Waals surface area contributed by atoms with Crippen LogP contribution < -0.4 is 15.4 Å². The largest absolute Gasteiger partial charge is 0.508 e. The van der Waals surface area contributed by atoms with E-state index in [1.54, 1.807) is 25.3 Å². The Morgan fingerprint density at radius 2 is 2.12 bits per heavy atom. The summed E-state index contributed by atoms with van der Waals surface area (Å²) in [5, 5.41) is 16.5. The first-order valence-corrected chi connectivity index (χ1v) is 8.41. The molecule has 1 saturated heterocycles. The molecule has 2 rings (SSSR count). The molecule has 1 aromatic carbocycles. The normalized spacial score (nSPS) is 16.0. The van der Waals surface area contributed by atoms with Gasteiger partial charge in [-0.05, 0) is 25.1 Å². The van der Waals surface area contributed by atoms with Gasteiger partial charge in [-0.3, -0.25) is 4.90 Å². The highest BCUT2D eigenvalue weighted by Gasteiger charge is 2.10. The summed E-state index contributed by atoms with van der Waals surface area (Å²) < 4.78 is 10.5. The Hall–Kier alpha value is -1.99. The lowest BCUT2D eigenvalue weighted by Gasteiger charge is -2.26. The molecule has 0 spiro atoms. The Balaban J connectivity index is 1.87. The van der Waals surface area contributed by atoms with E-state index in [4.69, 9.17) is 9.47 Å². The molecule has 1 aliphatic heterocycles. The number of hydrogen-bond acceptors (Lipinski definition) is 5. The standard InChI is InChI=1S/C17H28N4O3/c1-3-18-17(19-6-7-21-8-10-24-11-9-21)20-13-14-12-15(23-2)4-5-16(14)22/h4-5,12,22H,3,6-11,13H2,1-2H3,(H2,18,19,20). The number of guanidine groups is 1. The van der Waals surface area contributed by atoms with Crippen LogP contribution in [-0.2, 0) is 11.3 Å². The molecule has 1 aliphatic rings. The Morgan fingerprint density at radius 1 is 1.33 bits per heavy atom. The molecule has 0 unspecified atom stereocenters. The van der Waals surface area contributed by atoms with Gasteiger partial charge in [0.1, 0.15) is 11.5 Å². The number of aromatic hydroxyl groups is 1. The molecule has 1 aromatic rings. The van der Waals surface area contributed by atoms with Crippen LogP contribution in [0.3, 0.4) is 0 Å². The number of rotatable bonds is 7. The number of nitrogens with one attached hydrogen (secondary N) is 2. The van der Waals surface area contributed by atoms with Gasteiger partial charge >= 0.3 is 0 Å². The van der Waals surface area contributed by atoms with Gasteiger partial charge in [0.25, 0.3) is 0 Å². The maximum Gasteiger partial charge on any atom is 0.191 e. The minimum atomic E-state index is 0.226. The highest BCUT2D eigenvalue weighted by molar-refractivity contribution is 5.79. The fourth-order valence-electron chi connectivity index (χ4n) is 2.48. The minimum absolute atomic E-state index is 0.226. The monoisotopic (exact) mass is 336 g/mol. The van der Waals surface area contributed by atoms with E-state index < -0.39 is 0 Å². The number of hydrogen-bond donors (Lipinski definition) is 3. The van der Waals surface area contributed by atoms with E-state index in [0.717, 1.165) is 57.5 Å². The van der Waals surface area contributed by atoms with Crippen molar-refractivity contribution in [3.05, 3.63) is 23.8 Å². The van der Waals surface area contributed by atoms with Gasteiger partial charge in [0, 0.05) is 38.3 Å². The molecule has 7 nitrogen and oxygen atoms in total. The fourth-order valence-corrected chi connectivity index (χ4v) is 2.48. The highest BCUT2D eigenvalue weighted by atomic mass is 16.5. The number of morpholine rings is 1. The van der Waals surface area contributed by atoms with Crippen molar-refractivity contribution in [3.8, 4) is 11.5 Å². The van der Waals surface area contributed by atoms with Crippen molar-refractivity contribution in [3.63, 3.8) is 0 Å². The van der Waals surface area contributed by atoms with Gasteiger partial charge in [0.2, 0.25) is 0 Å². The van der Waals surface area contributed by atoms with Crippen LogP contribution in [-0.4, -0.2) is 69.0 Å². The van der Waals surface area contributed by atoms with Crippen molar-refractivity contribution in [2.45, 2.75) is 13.5 Å². The molecule has 24 heavy (non-hydrogen) atoms. The van der Waals surface area contributed by atoms with E-state index in [-0.39, 0.29) is 5.75 Å². The Bertz CT molecular complexity index is 531. The third-order valence-electron chi connectivity index (χ3n) is 3.86. The molecule has 0 saturated carbocycles. The molecule has 0 aliphatic carbocycles. The molecule has 1 heterocycles. The number of phenolic OH excluding ortho intramolecular Hbond substituents is 1. The van der Waals surface area contributed by atoms with Crippen LogP contribution >= 0.6 is 0 Å². The highest BCUT2D eigenvalue weighted by Crippen LogP contribution is 2.23. The summed E-state index contributed by atoms with van der Waals surface area (Å²) in [6.07, 6.45) is 0. The molecular weight excluding hydrogens is 308 g/mol. The number of nitrogens with zero attached hydrogens (tertiary/aromatic N) is 2. The van der Waals surface area contributed by atoms with Gasteiger partial charge in [-0.25, -0.2) is 4.99 Å². The van der Waals surface area contributed by atoms with Crippen LogP contribution in [0.15, 0.2) is 23.2 Å². The molecule has 0 aromatic heterocycles. The number of methoxy groups -OCH3 is 1. The topological polar surface area (TPSA) is 78.4 Å². The van der Waals surface area contributed by atoms with E-state index in [9.17, 15) is 5.11 Å². The third kappa shape index (κ3) is 5.90. The maximum absolute atomic E-state index is 9.94. The molecule has 0 radical (unpaired) electrons.